The molecule has 1 aromatic carbocycles. The molecular weight excluding hydrogens is 386 g/mol. The summed E-state index contributed by atoms with van der Waals surface area (Å²) in [5, 5.41) is 0. The number of anilines is 1. The maximum absolute atomic E-state index is 6.02. The second-order valence-electron chi connectivity index (χ2n) is 7.31. The van der Waals surface area contributed by atoms with Gasteiger partial charge in [-0.05, 0) is 43.9 Å². The van der Waals surface area contributed by atoms with E-state index in [9.17, 15) is 0 Å². The Hall–Kier alpha value is -1.38. The molecule has 0 amide bonds. The van der Waals surface area contributed by atoms with Crippen LogP contribution in [0.25, 0.3) is 0 Å². The van der Waals surface area contributed by atoms with E-state index in [1.807, 2.05) is 0 Å². The van der Waals surface area contributed by atoms with Crippen LogP contribution >= 0.6 is 0 Å². The van der Waals surface area contributed by atoms with Crippen molar-refractivity contribution in [2.45, 2.75) is 26.2 Å². The van der Waals surface area contributed by atoms with Gasteiger partial charge in [-0.25, -0.2) is 0 Å². The van der Waals surface area contributed by atoms with Crippen molar-refractivity contribution >= 4 is 5.69 Å². The lowest BCUT2D eigenvalue weighted by molar-refractivity contribution is -0.00174. The molecule has 0 spiro atoms. The molecule has 1 heterocycles. The van der Waals surface area contributed by atoms with Crippen LogP contribution in [0.4, 0.5) is 5.69 Å². The summed E-state index contributed by atoms with van der Waals surface area (Å²) < 4.78 is 33.6. The minimum Gasteiger partial charge on any atom is -0.489 e. The van der Waals surface area contributed by atoms with E-state index in [1.165, 1.54) is 5.56 Å². The highest BCUT2D eigenvalue weighted by atomic mass is 16.6. The average Bonchev–Trinajstić information content (AvgIpc) is 2.74. The van der Waals surface area contributed by atoms with Crippen LogP contribution in [0.15, 0.2) is 18.2 Å². The van der Waals surface area contributed by atoms with Gasteiger partial charge >= 0.3 is 0 Å². The number of benzene rings is 1. The Morgan fingerprint density at radius 2 is 1.43 bits per heavy atom. The Balaban J connectivity index is 1.96. The number of hydrogen-bond acceptors (Lipinski definition) is 7. The second kappa shape index (κ2) is 16.3. The van der Waals surface area contributed by atoms with Crippen molar-refractivity contribution < 1.29 is 28.4 Å². The molecule has 0 N–H and O–H groups in total. The summed E-state index contributed by atoms with van der Waals surface area (Å²) in [4.78, 5) is 2.36. The molecule has 172 valence electrons. The van der Waals surface area contributed by atoms with Gasteiger partial charge in [0.05, 0.1) is 58.5 Å². The first-order chi connectivity index (χ1) is 14.8. The summed E-state index contributed by atoms with van der Waals surface area (Å²) in [6, 6.07) is 6.38. The van der Waals surface area contributed by atoms with Crippen LogP contribution in [0.3, 0.4) is 0 Å². The topological polar surface area (TPSA) is 58.6 Å². The van der Waals surface area contributed by atoms with E-state index in [2.05, 4.69) is 30.0 Å². The van der Waals surface area contributed by atoms with Gasteiger partial charge < -0.3 is 33.3 Å². The summed E-state index contributed by atoms with van der Waals surface area (Å²) in [5.74, 6) is 0.904. The molecule has 2 rings (SSSR count). The van der Waals surface area contributed by atoms with Crippen molar-refractivity contribution in [3.05, 3.63) is 23.8 Å². The van der Waals surface area contributed by atoms with E-state index < -0.39 is 0 Å². The van der Waals surface area contributed by atoms with Crippen LogP contribution in [0, 0.1) is 6.92 Å². The molecule has 1 aromatic rings. The first-order valence-electron chi connectivity index (χ1n) is 11.1. The Morgan fingerprint density at radius 1 is 0.767 bits per heavy atom. The Kier molecular flexibility index (Phi) is 13.5. The number of aryl methyl sites for hydroxylation is 1. The van der Waals surface area contributed by atoms with Crippen LogP contribution in [0.5, 0.6) is 5.75 Å². The summed E-state index contributed by atoms with van der Waals surface area (Å²) in [6.07, 6.45) is 3.27. The summed E-state index contributed by atoms with van der Waals surface area (Å²) in [6.45, 7) is 9.98. The van der Waals surface area contributed by atoms with Crippen LogP contribution in [0.1, 0.15) is 24.8 Å². The van der Waals surface area contributed by atoms with E-state index in [1.54, 1.807) is 7.11 Å². The lowest BCUT2D eigenvalue weighted by Gasteiger charge is -2.27. The van der Waals surface area contributed by atoms with Crippen molar-refractivity contribution in [1.82, 2.24) is 0 Å². The first kappa shape index (κ1) is 24.9. The van der Waals surface area contributed by atoms with Crippen LogP contribution < -0.4 is 9.64 Å². The van der Waals surface area contributed by atoms with Gasteiger partial charge in [-0.15, -0.1) is 0 Å². The van der Waals surface area contributed by atoms with Crippen LogP contribution in [0.2, 0.25) is 0 Å². The number of ether oxygens (including phenoxy) is 6. The molecule has 0 atom stereocenters. The second-order valence-corrected chi connectivity index (χ2v) is 7.31. The zero-order chi connectivity index (χ0) is 21.3. The maximum Gasteiger partial charge on any atom is 0.142 e. The van der Waals surface area contributed by atoms with Gasteiger partial charge in [0.15, 0.2) is 0 Å². The molecule has 0 aromatic heterocycles. The third-order valence-corrected chi connectivity index (χ3v) is 4.84. The average molecular weight is 426 g/mol. The van der Waals surface area contributed by atoms with Crippen LogP contribution in [-0.2, 0) is 23.7 Å². The van der Waals surface area contributed by atoms with E-state index in [4.69, 9.17) is 28.4 Å². The highest BCUT2D eigenvalue weighted by Crippen LogP contribution is 2.30. The molecule has 1 aliphatic heterocycles. The molecule has 7 nitrogen and oxygen atoms in total. The highest BCUT2D eigenvalue weighted by molar-refractivity contribution is 5.59. The highest BCUT2D eigenvalue weighted by Gasteiger charge is 2.13. The van der Waals surface area contributed by atoms with Gasteiger partial charge in [-0.2, -0.15) is 0 Å². The Morgan fingerprint density at radius 3 is 2.13 bits per heavy atom. The zero-order valence-corrected chi connectivity index (χ0v) is 18.7. The summed E-state index contributed by atoms with van der Waals surface area (Å²) >= 11 is 0. The molecule has 1 fully saturated rings. The van der Waals surface area contributed by atoms with Crippen molar-refractivity contribution in [2.75, 3.05) is 91.2 Å². The van der Waals surface area contributed by atoms with Crippen molar-refractivity contribution in [3.63, 3.8) is 0 Å². The smallest absolute Gasteiger partial charge is 0.142 e. The number of methoxy groups -OCH3 is 1. The van der Waals surface area contributed by atoms with E-state index in [0.717, 1.165) is 50.4 Å². The van der Waals surface area contributed by atoms with E-state index >= 15 is 0 Å². The first-order valence-corrected chi connectivity index (χ1v) is 11.1. The van der Waals surface area contributed by atoms with Crippen molar-refractivity contribution in [2.24, 2.45) is 0 Å². The number of rotatable bonds is 5. The lowest BCUT2D eigenvalue weighted by atomic mass is 10.1. The maximum atomic E-state index is 6.02. The molecule has 0 bridgehead atoms. The summed E-state index contributed by atoms with van der Waals surface area (Å²) in [7, 11) is 1.69. The molecule has 0 unspecified atom stereocenters. The van der Waals surface area contributed by atoms with Gasteiger partial charge in [0.2, 0.25) is 0 Å². The van der Waals surface area contributed by atoms with Gasteiger partial charge in [-0.1, -0.05) is 6.07 Å². The molecule has 0 radical (unpaired) electrons. The fourth-order valence-corrected chi connectivity index (χ4v) is 3.21. The minimum absolute atomic E-state index is 0.537. The quantitative estimate of drug-likeness (QED) is 0.672. The van der Waals surface area contributed by atoms with E-state index in [0.29, 0.717) is 59.5 Å². The number of hydrogen-bond donors (Lipinski definition) is 0. The largest absolute Gasteiger partial charge is 0.489 e. The third-order valence-electron chi connectivity index (χ3n) is 4.84. The summed E-state index contributed by atoms with van der Waals surface area (Å²) in [5.41, 5.74) is 2.29. The van der Waals surface area contributed by atoms with Gasteiger partial charge in [-0.3, -0.25) is 0 Å². The predicted molar refractivity (Wildman–Crippen MR) is 118 cm³/mol. The fraction of sp³-hybridized carbons (Fsp3) is 0.739. The predicted octanol–water partition coefficient (Wildman–Crippen LogP) is 3.08. The minimum atomic E-state index is 0.537. The van der Waals surface area contributed by atoms with Gasteiger partial charge in [0.1, 0.15) is 12.4 Å². The Bertz CT molecular complexity index is 538. The SMILES string of the molecule is COCCOc1cc(C)ccc1N1CCCCCOCCOCCOCCOCC1. The molecule has 0 aliphatic carbocycles. The standard InChI is InChI=1S/C23H39NO6/c1-21-6-7-22(23(20-21)30-19-12-25-2)24-8-4-3-5-10-26-13-15-28-17-18-29-16-14-27-11-9-24/h6-7,20H,3-5,8-19H2,1-2H3. The molecular formula is C23H39NO6. The molecule has 1 saturated heterocycles. The molecule has 30 heavy (non-hydrogen) atoms. The van der Waals surface area contributed by atoms with E-state index in [-0.39, 0.29) is 0 Å². The monoisotopic (exact) mass is 425 g/mol. The Labute approximate surface area is 181 Å². The van der Waals surface area contributed by atoms with Gasteiger partial charge in [0.25, 0.3) is 0 Å². The zero-order valence-electron chi connectivity index (χ0n) is 18.7. The van der Waals surface area contributed by atoms with Gasteiger partial charge in [0, 0.05) is 26.8 Å². The van der Waals surface area contributed by atoms with Crippen LogP contribution in [-0.4, -0.2) is 86.3 Å². The number of nitrogens with zero attached hydrogens (tertiary/aromatic N) is 1. The van der Waals surface area contributed by atoms with Crippen molar-refractivity contribution in [3.8, 4) is 5.75 Å². The fourth-order valence-electron chi connectivity index (χ4n) is 3.21. The molecule has 7 heteroatoms. The normalized spacial score (nSPS) is 19.1. The third kappa shape index (κ3) is 10.6. The molecule has 0 saturated carbocycles. The van der Waals surface area contributed by atoms with Crippen molar-refractivity contribution in [1.29, 1.82) is 0 Å². The molecule has 1 aliphatic rings. The lowest BCUT2D eigenvalue weighted by Crippen LogP contribution is -2.29.